The van der Waals surface area contributed by atoms with Crippen LogP contribution < -0.4 is 5.73 Å². The maximum absolute atomic E-state index is 5.71. The number of ether oxygens (including phenoxy) is 1. The number of rotatable bonds is 7. The highest BCUT2D eigenvalue weighted by Gasteiger charge is 2.01. The van der Waals surface area contributed by atoms with Crippen LogP contribution in [0.4, 0.5) is 0 Å². The van der Waals surface area contributed by atoms with Crippen molar-refractivity contribution in [2.75, 3.05) is 13.2 Å². The van der Waals surface area contributed by atoms with Crippen LogP contribution in [-0.4, -0.2) is 29.0 Å². The van der Waals surface area contributed by atoms with Crippen LogP contribution in [0.2, 0.25) is 0 Å². The van der Waals surface area contributed by atoms with Gasteiger partial charge in [0.25, 0.3) is 0 Å². The minimum atomic E-state index is 0.194. The summed E-state index contributed by atoms with van der Waals surface area (Å²) in [5.74, 6) is 0. The molecule has 0 saturated carbocycles. The van der Waals surface area contributed by atoms with Gasteiger partial charge in [-0.2, -0.15) is 5.10 Å². The summed E-state index contributed by atoms with van der Waals surface area (Å²) in [7, 11) is 0. The van der Waals surface area contributed by atoms with E-state index in [0.29, 0.717) is 0 Å². The zero-order chi connectivity index (χ0) is 11.1. The van der Waals surface area contributed by atoms with Gasteiger partial charge >= 0.3 is 0 Å². The highest BCUT2D eigenvalue weighted by molar-refractivity contribution is 5.05. The van der Waals surface area contributed by atoms with Crippen molar-refractivity contribution in [3.63, 3.8) is 0 Å². The van der Waals surface area contributed by atoms with Crippen molar-refractivity contribution < 1.29 is 4.74 Å². The molecule has 86 valence electrons. The number of nitrogens with zero attached hydrogens (tertiary/aromatic N) is 2. The first-order valence-corrected chi connectivity index (χ1v) is 5.57. The lowest BCUT2D eigenvalue weighted by Crippen LogP contribution is -2.17. The summed E-state index contributed by atoms with van der Waals surface area (Å²) >= 11 is 0. The van der Waals surface area contributed by atoms with Crippen LogP contribution in [0.15, 0.2) is 12.4 Å². The van der Waals surface area contributed by atoms with E-state index in [9.17, 15) is 0 Å². The number of aromatic nitrogens is 2. The van der Waals surface area contributed by atoms with Crippen LogP contribution in [0.1, 0.15) is 25.8 Å². The van der Waals surface area contributed by atoms with Gasteiger partial charge in [0.1, 0.15) is 0 Å². The molecule has 0 amide bonds. The molecule has 2 N–H and O–H groups in total. The summed E-state index contributed by atoms with van der Waals surface area (Å²) < 4.78 is 7.30. The van der Waals surface area contributed by atoms with E-state index >= 15 is 0 Å². The van der Waals surface area contributed by atoms with E-state index in [1.54, 1.807) is 0 Å². The van der Waals surface area contributed by atoms with Crippen molar-refractivity contribution in [1.29, 1.82) is 0 Å². The predicted octanol–water partition coefficient (Wildman–Crippen LogP) is 1.20. The van der Waals surface area contributed by atoms with Gasteiger partial charge in [0.2, 0.25) is 0 Å². The van der Waals surface area contributed by atoms with Crippen LogP contribution in [0.5, 0.6) is 0 Å². The van der Waals surface area contributed by atoms with Gasteiger partial charge in [0.05, 0.1) is 19.3 Å². The Morgan fingerprint density at radius 1 is 1.53 bits per heavy atom. The summed E-state index contributed by atoms with van der Waals surface area (Å²) in [5.41, 5.74) is 6.91. The van der Waals surface area contributed by atoms with E-state index in [0.717, 1.165) is 32.6 Å². The van der Waals surface area contributed by atoms with Gasteiger partial charge in [-0.05, 0) is 25.3 Å². The molecule has 0 aliphatic carbocycles. The standard InChI is InChI=1S/C11H21N3O/c1-3-5-15-6-4-14-9-11(8-13-14)7-10(2)12/h8-10H,3-7,12H2,1-2H3. The molecule has 1 heterocycles. The van der Waals surface area contributed by atoms with Crippen molar-refractivity contribution in [2.24, 2.45) is 5.73 Å². The fraction of sp³-hybridized carbons (Fsp3) is 0.727. The zero-order valence-electron chi connectivity index (χ0n) is 9.65. The maximum atomic E-state index is 5.71. The Balaban J connectivity index is 2.26. The van der Waals surface area contributed by atoms with Gasteiger partial charge in [-0.25, -0.2) is 0 Å². The quantitative estimate of drug-likeness (QED) is 0.689. The minimum absolute atomic E-state index is 0.194. The van der Waals surface area contributed by atoms with Gasteiger partial charge in [-0.3, -0.25) is 4.68 Å². The first-order chi connectivity index (χ1) is 7.22. The number of hydrogen-bond donors (Lipinski definition) is 1. The Hall–Kier alpha value is -0.870. The molecule has 1 aromatic rings. The van der Waals surface area contributed by atoms with Crippen molar-refractivity contribution >= 4 is 0 Å². The van der Waals surface area contributed by atoms with Gasteiger partial charge in [-0.15, -0.1) is 0 Å². The Labute approximate surface area is 91.4 Å². The maximum Gasteiger partial charge on any atom is 0.0662 e. The Morgan fingerprint density at radius 3 is 3.00 bits per heavy atom. The molecule has 0 aliphatic rings. The molecule has 1 atom stereocenters. The summed E-state index contributed by atoms with van der Waals surface area (Å²) in [6.45, 7) is 6.48. The predicted molar refractivity (Wildman–Crippen MR) is 60.7 cm³/mol. The molecule has 0 aromatic carbocycles. The normalized spacial score (nSPS) is 13.0. The Kier molecular flexibility index (Phi) is 5.36. The smallest absolute Gasteiger partial charge is 0.0662 e. The molecule has 0 spiro atoms. The molecule has 15 heavy (non-hydrogen) atoms. The van der Waals surface area contributed by atoms with Crippen LogP contribution in [-0.2, 0) is 17.7 Å². The van der Waals surface area contributed by atoms with Crippen LogP contribution in [0, 0.1) is 0 Å². The van der Waals surface area contributed by atoms with Gasteiger partial charge in [-0.1, -0.05) is 6.92 Å². The molecule has 4 heteroatoms. The van der Waals surface area contributed by atoms with Crippen molar-refractivity contribution in [3.05, 3.63) is 18.0 Å². The summed E-state index contributed by atoms with van der Waals surface area (Å²) in [5, 5.41) is 4.25. The average molecular weight is 211 g/mol. The first-order valence-electron chi connectivity index (χ1n) is 5.57. The van der Waals surface area contributed by atoms with Crippen LogP contribution >= 0.6 is 0 Å². The molecule has 1 aromatic heterocycles. The molecular weight excluding hydrogens is 190 g/mol. The van der Waals surface area contributed by atoms with E-state index < -0.39 is 0 Å². The van der Waals surface area contributed by atoms with E-state index in [-0.39, 0.29) is 6.04 Å². The molecule has 0 bridgehead atoms. The van der Waals surface area contributed by atoms with Crippen molar-refractivity contribution in [2.45, 2.75) is 39.3 Å². The molecule has 0 radical (unpaired) electrons. The second-order valence-electron chi connectivity index (χ2n) is 3.91. The van der Waals surface area contributed by atoms with E-state index in [4.69, 9.17) is 10.5 Å². The largest absolute Gasteiger partial charge is 0.380 e. The molecule has 0 fully saturated rings. The lowest BCUT2D eigenvalue weighted by Gasteiger charge is -2.03. The summed E-state index contributed by atoms with van der Waals surface area (Å²) in [4.78, 5) is 0. The van der Waals surface area contributed by atoms with Gasteiger partial charge < -0.3 is 10.5 Å². The van der Waals surface area contributed by atoms with Crippen molar-refractivity contribution in [1.82, 2.24) is 9.78 Å². The molecule has 1 unspecified atom stereocenters. The Bertz CT molecular complexity index is 271. The van der Waals surface area contributed by atoms with Crippen LogP contribution in [0.25, 0.3) is 0 Å². The third-order valence-corrected chi connectivity index (χ3v) is 2.06. The fourth-order valence-electron chi connectivity index (χ4n) is 1.41. The second kappa shape index (κ2) is 6.58. The topological polar surface area (TPSA) is 53.1 Å². The fourth-order valence-corrected chi connectivity index (χ4v) is 1.41. The lowest BCUT2D eigenvalue weighted by molar-refractivity contribution is 0.124. The van der Waals surface area contributed by atoms with Crippen LogP contribution in [0.3, 0.4) is 0 Å². The molecule has 1 rings (SSSR count). The van der Waals surface area contributed by atoms with E-state index in [2.05, 4.69) is 12.0 Å². The van der Waals surface area contributed by atoms with E-state index in [1.807, 2.05) is 24.0 Å². The Morgan fingerprint density at radius 2 is 2.33 bits per heavy atom. The lowest BCUT2D eigenvalue weighted by atomic mass is 10.1. The second-order valence-corrected chi connectivity index (χ2v) is 3.91. The highest BCUT2D eigenvalue weighted by atomic mass is 16.5. The summed E-state index contributed by atoms with van der Waals surface area (Å²) in [6.07, 6.45) is 5.87. The summed E-state index contributed by atoms with van der Waals surface area (Å²) in [6, 6.07) is 0.194. The molecule has 0 aliphatic heterocycles. The van der Waals surface area contributed by atoms with Gasteiger partial charge in [0, 0.05) is 18.8 Å². The monoisotopic (exact) mass is 211 g/mol. The third kappa shape index (κ3) is 4.95. The van der Waals surface area contributed by atoms with Gasteiger partial charge in [0.15, 0.2) is 0 Å². The molecular formula is C11H21N3O. The van der Waals surface area contributed by atoms with E-state index in [1.165, 1.54) is 5.56 Å². The number of hydrogen-bond acceptors (Lipinski definition) is 3. The highest BCUT2D eigenvalue weighted by Crippen LogP contribution is 2.00. The third-order valence-electron chi connectivity index (χ3n) is 2.06. The molecule has 0 saturated heterocycles. The van der Waals surface area contributed by atoms with Crippen molar-refractivity contribution in [3.8, 4) is 0 Å². The average Bonchev–Trinajstić information content (AvgIpc) is 2.59. The minimum Gasteiger partial charge on any atom is -0.380 e. The zero-order valence-corrected chi connectivity index (χ0v) is 9.65. The SMILES string of the molecule is CCCOCCn1cc(CC(C)N)cn1. The molecule has 4 nitrogen and oxygen atoms in total. The number of nitrogens with two attached hydrogens (primary N) is 1. The first kappa shape index (κ1) is 12.2.